The lowest BCUT2D eigenvalue weighted by Gasteiger charge is -2.22. The maximum Gasteiger partial charge on any atom is 0.214 e. The Kier molecular flexibility index (Phi) is 5.57. The third-order valence-electron chi connectivity index (χ3n) is 3.83. The molecule has 0 spiro atoms. The summed E-state index contributed by atoms with van der Waals surface area (Å²) in [6, 6.07) is 9.60. The van der Waals surface area contributed by atoms with Crippen molar-refractivity contribution < 1.29 is 13.5 Å². The second-order valence-electron chi connectivity index (χ2n) is 5.50. The van der Waals surface area contributed by atoms with Crippen LogP contribution in [0.1, 0.15) is 37.7 Å². The van der Waals surface area contributed by atoms with Gasteiger partial charge in [-0.25, -0.2) is 13.1 Å². The molecule has 1 aliphatic rings. The van der Waals surface area contributed by atoms with Crippen LogP contribution in [0.15, 0.2) is 30.3 Å². The van der Waals surface area contributed by atoms with Gasteiger partial charge >= 0.3 is 0 Å². The Morgan fingerprint density at radius 2 is 1.80 bits per heavy atom. The van der Waals surface area contributed by atoms with E-state index in [4.69, 9.17) is 0 Å². The predicted molar refractivity (Wildman–Crippen MR) is 79.9 cm³/mol. The highest BCUT2D eigenvalue weighted by molar-refractivity contribution is 7.90. The van der Waals surface area contributed by atoms with Crippen LogP contribution in [0.25, 0.3) is 0 Å². The molecule has 1 saturated carbocycles. The molecule has 1 aromatic carbocycles. The van der Waals surface area contributed by atoms with E-state index in [0.29, 0.717) is 6.42 Å². The van der Waals surface area contributed by atoms with Gasteiger partial charge in [0.2, 0.25) is 10.0 Å². The van der Waals surface area contributed by atoms with Crippen molar-refractivity contribution in [1.82, 2.24) is 4.72 Å². The van der Waals surface area contributed by atoms with E-state index in [2.05, 4.69) is 4.72 Å². The first kappa shape index (κ1) is 15.5. The normalized spacial score (nSPS) is 18.9. The smallest absolute Gasteiger partial charge is 0.214 e. The van der Waals surface area contributed by atoms with Crippen LogP contribution in [-0.4, -0.2) is 31.4 Å². The van der Waals surface area contributed by atoms with E-state index in [1.165, 1.54) is 0 Å². The fourth-order valence-electron chi connectivity index (χ4n) is 2.66. The van der Waals surface area contributed by atoms with Gasteiger partial charge < -0.3 is 5.11 Å². The van der Waals surface area contributed by atoms with Gasteiger partial charge in [-0.2, -0.15) is 0 Å². The van der Waals surface area contributed by atoms with Gasteiger partial charge in [0, 0.05) is 6.54 Å². The average molecular weight is 297 g/mol. The Labute approximate surface area is 121 Å². The molecule has 0 heterocycles. The highest BCUT2D eigenvalue weighted by Crippen LogP contribution is 2.22. The molecule has 0 aromatic heterocycles. The molecule has 1 atom stereocenters. The van der Waals surface area contributed by atoms with E-state index in [1.54, 1.807) is 0 Å². The summed E-state index contributed by atoms with van der Waals surface area (Å²) in [5.41, 5.74) is 1.01. The van der Waals surface area contributed by atoms with Crippen molar-refractivity contribution in [1.29, 1.82) is 0 Å². The molecule has 112 valence electrons. The van der Waals surface area contributed by atoms with E-state index in [-0.39, 0.29) is 11.8 Å². The van der Waals surface area contributed by atoms with Crippen LogP contribution in [0.4, 0.5) is 0 Å². The Morgan fingerprint density at radius 1 is 1.15 bits per heavy atom. The number of aliphatic hydroxyl groups excluding tert-OH is 1. The molecular weight excluding hydrogens is 274 g/mol. The monoisotopic (exact) mass is 297 g/mol. The molecule has 5 heteroatoms. The molecule has 1 aromatic rings. The van der Waals surface area contributed by atoms with Gasteiger partial charge in [0.1, 0.15) is 0 Å². The number of rotatable bonds is 6. The summed E-state index contributed by atoms with van der Waals surface area (Å²) in [6.45, 7) is 0.0910. The molecule has 2 rings (SSSR count). The standard InChI is InChI=1S/C15H23NO3S/c17-14(11-13-7-3-1-4-8-13)12-16-20(18,19)15-9-5-2-6-10-15/h1,3-4,7-8,14-17H,2,5-6,9-12H2. The number of nitrogens with one attached hydrogen (secondary N) is 1. The van der Waals surface area contributed by atoms with Crippen LogP contribution in [0.3, 0.4) is 0 Å². The van der Waals surface area contributed by atoms with Crippen molar-refractivity contribution in [3.63, 3.8) is 0 Å². The minimum atomic E-state index is -3.28. The van der Waals surface area contributed by atoms with E-state index < -0.39 is 16.1 Å². The van der Waals surface area contributed by atoms with Crippen LogP contribution in [0, 0.1) is 0 Å². The van der Waals surface area contributed by atoms with Crippen molar-refractivity contribution in [3.05, 3.63) is 35.9 Å². The topological polar surface area (TPSA) is 66.4 Å². The first-order valence-electron chi connectivity index (χ1n) is 7.28. The minimum Gasteiger partial charge on any atom is -0.391 e. The Balaban J connectivity index is 1.81. The van der Waals surface area contributed by atoms with Crippen molar-refractivity contribution in [2.45, 2.75) is 49.9 Å². The Bertz CT molecular complexity index is 495. The molecule has 0 amide bonds. The Hall–Kier alpha value is -0.910. The summed E-state index contributed by atoms with van der Waals surface area (Å²) in [5, 5.41) is 9.66. The number of aliphatic hydroxyl groups is 1. The maximum atomic E-state index is 12.1. The summed E-state index contributed by atoms with van der Waals surface area (Å²) < 4.78 is 26.8. The third-order valence-corrected chi connectivity index (χ3v) is 5.74. The highest BCUT2D eigenvalue weighted by atomic mass is 32.2. The molecule has 1 aliphatic carbocycles. The van der Waals surface area contributed by atoms with Gasteiger partial charge in [-0.05, 0) is 24.8 Å². The first-order valence-corrected chi connectivity index (χ1v) is 8.83. The van der Waals surface area contributed by atoms with Crippen LogP contribution in [-0.2, 0) is 16.4 Å². The number of benzene rings is 1. The Morgan fingerprint density at radius 3 is 2.45 bits per heavy atom. The van der Waals surface area contributed by atoms with E-state index in [9.17, 15) is 13.5 Å². The predicted octanol–water partition coefficient (Wildman–Crippen LogP) is 1.84. The van der Waals surface area contributed by atoms with Gasteiger partial charge in [0.05, 0.1) is 11.4 Å². The average Bonchev–Trinajstić information content (AvgIpc) is 2.47. The van der Waals surface area contributed by atoms with Crippen molar-refractivity contribution in [2.24, 2.45) is 0 Å². The minimum absolute atomic E-state index is 0.0910. The molecule has 1 fully saturated rings. The molecule has 0 aliphatic heterocycles. The van der Waals surface area contributed by atoms with Crippen molar-refractivity contribution in [3.8, 4) is 0 Å². The van der Waals surface area contributed by atoms with Crippen LogP contribution < -0.4 is 4.72 Å². The fraction of sp³-hybridized carbons (Fsp3) is 0.600. The van der Waals surface area contributed by atoms with Gasteiger partial charge in [-0.1, -0.05) is 49.6 Å². The molecule has 2 N–H and O–H groups in total. The van der Waals surface area contributed by atoms with Gasteiger partial charge in [0.25, 0.3) is 0 Å². The summed E-state index contributed by atoms with van der Waals surface area (Å²) in [6.07, 6.45) is 4.36. The van der Waals surface area contributed by atoms with E-state index in [1.807, 2.05) is 30.3 Å². The van der Waals surface area contributed by atoms with Crippen LogP contribution in [0.5, 0.6) is 0 Å². The zero-order valence-electron chi connectivity index (χ0n) is 11.7. The lowest BCUT2D eigenvalue weighted by molar-refractivity contribution is 0.178. The number of hydrogen-bond donors (Lipinski definition) is 2. The van der Waals surface area contributed by atoms with Crippen LogP contribution in [0.2, 0.25) is 0 Å². The maximum absolute atomic E-state index is 12.1. The largest absolute Gasteiger partial charge is 0.391 e. The zero-order valence-corrected chi connectivity index (χ0v) is 12.5. The van der Waals surface area contributed by atoms with Gasteiger partial charge in [0.15, 0.2) is 0 Å². The quantitative estimate of drug-likeness (QED) is 0.842. The molecule has 0 radical (unpaired) electrons. The van der Waals surface area contributed by atoms with Crippen molar-refractivity contribution >= 4 is 10.0 Å². The van der Waals surface area contributed by atoms with Gasteiger partial charge in [-0.15, -0.1) is 0 Å². The number of hydrogen-bond acceptors (Lipinski definition) is 3. The third kappa shape index (κ3) is 4.58. The highest BCUT2D eigenvalue weighted by Gasteiger charge is 2.27. The summed E-state index contributed by atoms with van der Waals surface area (Å²) in [4.78, 5) is 0. The molecule has 4 nitrogen and oxygen atoms in total. The van der Waals surface area contributed by atoms with Crippen LogP contribution >= 0.6 is 0 Å². The number of sulfonamides is 1. The second-order valence-corrected chi connectivity index (χ2v) is 7.54. The zero-order chi connectivity index (χ0) is 14.4. The molecule has 0 saturated heterocycles. The SMILES string of the molecule is O=S(=O)(NCC(O)Cc1ccccc1)C1CCCCC1. The fourth-order valence-corrected chi connectivity index (χ4v) is 4.28. The van der Waals surface area contributed by atoms with Gasteiger partial charge in [-0.3, -0.25) is 0 Å². The molecular formula is C15H23NO3S. The van der Waals surface area contributed by atoms with Crippen molar-refractivity contribution in [2.75, 3.05) is 6.54 Å². The molecule has 1 unspecified atom stereocenters. The lowest BCUT2D eigenvalue weighted by atomic mass is 10.0. The molecule has 20 heavy (non-hydrogen) atoms. The van der Waals surface area contributed by atoms with E-state index in [0.717, 1.165) is 37.7 Å². The lowest BCUT2D eigenvalue weighted by Crippen LogP contribution is -2.40. The molecule has 0 bridgehead atoms. The first-order chi connectivity index (χ1) is 9.58. The summed E-state index contributed by atoms with van der Waals surface area (Å²) in [7, 11) is -3.28. The summed E-state index contributed by atoms with van der Waals surface area (Å²) in [5.74, 6) is 0. The summed E-state index contributed by atoms with van der Waals surface area (Å²) >= 11 is 0. The van der Waals surface area contributed by atoms with E-state index >= 15 is 0 Å². The second kappa shape index (κ2) is 7.20.